The largest absolute Gasteiger partial charge is 0.235 e. The van der Waals surface area contributed by atoms with Crippen LogP contribution in [0.2, 0.25) is 0 Å². The number of halogens is 1. The van der Waals surface area contributed by atoms with Gasteiger partial charge in [0.2, 0.25) is 6.08 Å². The van der Waals surface area contributed by atoms with E-state index < -0.39 is 0 Å². The summed E-state index contributed by atoms with van der Waals surface area (Å²) in [5, 5.41) is 0. The minimum absolute atomic E-state index is 0.201. The Morgan fingerprint density at radius 2 is 2.33 bits per heavy atom. The van der Waals surface area contributed by atoms with Gasteiger partial charge in [-0.2, -0.15) is 0 Å². The van der Waals surface area contributed by atoms with Crippen molar-refractivity contribution in [3.8, 4) is 0 Å². The van der Waals surface area contributed by atoms with E-state index in [9.17, 15) is 9.18 Å². The molecule has 0 radical (unpaired) electrons. The Labute approximate surface area is 69.7 Å². The van der Waals surface area contributed by atoms with E-state index in [2.05, 4.69) is 4.99 Å². The summed E-state index contributed by atoms with van der Waals surface area (Å²) in [4.78, 5) is 13.2. The molecule has 0 bridgehead atoms. The molecule has 0 saturated heterocycles. The first kappa shape index (κ1) is 8.62. The van der Waals surface area contributed by atoms with Crippen LogP contribution in [-0.4, -0.2) is 6.08 Å². The Balaban J connectivity index is 2.96. The fourth-order valence-electron chi connectivity index (χ4n) is 0.928. The second-order valence-electron chi connectivity index (χ2n) is 2.48. The topological polar surface area (TPSA) is 29.4 Å². The van der Waals surface area contributed by atoms with Crippen molar-refractivity contribution in [3.05, 3.63) is 35.1 Å². The number of isocyanates is 1. The van der Waals surface area contributed by atoms with Crippen molar-refractivity contribution in [2.45, 2.75) is 13.5 Å². The molecule has 0 aromatic heterocycles. The summed E-state index contributed by atoms with van der Waals surface area (Å²) in [6, 6.07) is 4.41. The van der Waals surface area contributed by atoms with Gasteiger partial charge >= 0.3 is 0 Å². The number of benzene rings is 1. The molecule has 1 aromatic rings. The maximum atomic E-state index is 12.6. The minimum atomic E-state index is -0.309. The molecule has 0 aliphatic rings. The normalized spacial score (nSPS) is 9.17. The highest BCUT2D eigenvalue weighted by molar-refractivity contribution is 5.35. The molecule has 0 amide bonds. The lowest BCUT2D eigenvalue weighted by Crippen LogP contribution is -1.88. The van der Waals surface area contributed by atoms with Crippen molar-refractivity contribution >= 4 is 6.08 Å². The smallest absolute Gasteiger partial charge is 0.211 e. The lowest BCUT2D eigenvalue weighted by atomic mass is 10.1. The van der Waals surface area contributed by atoms with Crippen LogP contribution >= 0.6 is 0 Å². The minimum Gasteiger partial charge on any atom is -0.211 e. The summed E-state index contributed by atoms with van der Waals surface area (Å²) < 4.78 is 12.6. The van der Waals surface area contributed by atoms with Crippen LogP contribution in [0.5, 0.6) is 0 Å². The van der Waals surface area contributed by atoms with Gasteiger partial charge in [-0.05, 0) is 30.2 Å². The van der Waals surface area contributed by atoms with Gasteiger partial charge in [-0.15, -0.1) is 0 Å². The van der Waals surface area contributed by atoms with Crippen LogP contribution in [0.4, 0.5) is 4.39 Å². The number of rotatable bonds is 2. The highest BCUT2D eigenvalue weighted by atomic mass is 19.1. The van der Waals surface area contributed by atoms with Crippen LogP contribution in [-0.2, 0) is 11.3 Å². The van der Waals surface area contributed by atoms with E-state index in [1.807, 2.05) is 6.92 Å². The zero-order chi connectivity index (χ0) is 8.97. The molecule has 0 saturated carbocycles. The zero-order valence-corrected chi connectivity index (χ0v) is 6.67. The van der Waals surface area contributed by atoms with Crippen LogP contribution in [0.15, 0.2) is 23.2 Å². The van der Waals surface area contributed by atoms with Crippen molar-refractivity contribution in [3.63, 3.8) is 0 Å². The van der Waals surface area contributed by atoms with E-state index in [0.29, 0.717) is 0 Å². The summed E-state index contributed by atoms with van der Waals surface area (Å²) >= 11 is 0. The highest BCUT2D eigenvalue weighted by Crippen LogP contribution is 2.10. The third kappa shape index (κ3) is 2.01. The SMILES string of the molecule is Cc1ccc(F)cc1CN=C=O. The molecular weight excluding hydrogens is 157 g/mol. The summed E-state index contributed by atoms with van der Waals surface area (Å²) in [6.07, 6.45) is 1.42. The second-order valence-corrected chi connectivity index (χ2v) is 2.48. The zero-order valence-electron chi connectivity index (χ0n) is 6.67. The van der Waals surface area contributed by atoms with Crippen LogP contribution in [0.1, 0.15) is 11.1 Å². The quantitative estimate of drug-likeness (QED) is 0.486. The van der Waals surface area contributed by atoms with Gasteiger partial charge in [0.25, 0.3) is 0 Å². The monoisotopic (exact) mass is 165 g/mol. The van der Waals surface area contributed by atoms with E-state index in [1.165, 1.54) is 18.2 Å². The third-order valence-corrected chi connectivity index (χ3v) is 1.63. The molecule has 0 fully saturated rings. The number of carbonyl (C=O) groups excluding carboxylic acids is 1. The maximum Gasteiger partial charge on any atom is 0.235 e. The molecule has 0 spiro atoms. The van der Waals surface area contributed by atoms with Crippen LogP contribution < -0.4 is 0 Å². The summed E-state index contributed by atoms with van der Waals surface area (Å²) in [7, 11) is 0. The average Bonchev–Trinajstić information content (AvgIpc) is 2.07. The summed E-state index contributed by atoms with van der Waals surface area (Å²) in [6.45, 7) is 2.04. The van der Waals surface area contributed by atoms with Crippen molar-refractivity contribution in [1.29, 1.82) is 0 Å². The van der Waals surface area contributed by atoms with E-state index in [-0.39, 0.29) is 12.4 Å². The van der Waals surface area contributed by atoms with Gasteiger partial charge in [-0.3, -0.25) is 0 Å². The molecule has 1 aromatic carbocycles. The molecule has 12 heavy (non-hydrogen) atoms. The number of aliphatic imine (C=N–C) groups is 1. The van der Waals surface area contributed by atoms with Gasteiger partial charge in [0, 0.05) is 0 Å². The van der Waals surface area contributed by atoms with Gasteiger partial charge in [0.15, 0.2) is 0 Å². The van der Waals surface area contributed by atoms with Crippen molar-refractivity contribution in [2.75, 3.05) is 0 Å². The predicted octanol–water partition coefficient (Wildman–Crippen LogP) is 1.97. The molecule has 0 N–H and O–H groups in total. The Morgan fingerprint density at radius 3 is 3.00 bits per heavy atom. The maximum absolute atomic E-state index is 12.6. The van der Waals surface area contributed by atoms with Crippen LogP contribution in [0, 0.1) is 12.7 Å². The summed E-state index contributed by atoms with van der Waals surface area (Å²) in [5.41, 5.74) is 1.65. The van der Waals surface area contributed by atoms with Gasteiger partial charge in [0.1, 0.15) is 5.82 Å². The first-order valence-corrected chi connectivity index (χ1v) is 3.52. The molecule has 0 aliphatic heterocycles. The van der Waals surface area contributed by atoms with Crippen molar-refractivity contribution in [2.24, 2.45) is 4.99 Å². The molecule has 0 aliphatic carbocycles. The lowest BCUT2D eigenvalue weighted by molar-refractivity contribution is 0.562. The molecule has 62 valence electrons. The average molecular weight is 165 g/mol. The third-order valence-electron chi connectivity index (χ3n) is 1.63. The number of hydrogen-bond acceptors (Lipinski definition) is 2. The van der Waals surface area contributed by atoms with E-state index in [1.54, 1.807) is 6.07 Å². The van der Waals surface area contributed by atoms with E-state index >= 15 is 0 Å². The van der Waals surface area contributed by atoms with Crippen molar-refractivity contribution in [1.82, 2.24) is 0 Å². The predicted molar refractivity (Wildman–Crippen MR) is 43.0 cm³/mol. The van der Waals surface area contributed by atoms with Crippen molar-refractivity contribution < 1.29 is 9.18 Å². The number of aryl methyl sites for hydroxylation is 1. The Morgan fingerprint density at radius 1 is 1.58 bits per heavy atom. The number of hydrogen-bond donors (Lipinski definition) is 0. The lowest BCUT2D eigenvalue weighted by Gasteiger charge is -2.00. The molecule has 0 unspecified atom stereocenters. The fraction of sp³-hybridized carbons (Fsp3) is 0.222. The fourth-order valence-corrected chi connectivity index (χ4v) is 0.928. The van der Waals surface area contributed by atoms with Gasteiger partial charge in [-0.1, -0.05) is 6.07 Å². The van der Waals surface area contributed by atoms with E-state index in [0.717, 1.165) is 11.1 Å². The van der Waals surface area contributed by atoms with E-state index in [4.69, 9.17) is 0 Å². The Bertz CT molecular complexity index is 329. The van der Waals surface area contributed by atoms with Gasteiger partial charge in [-0.25, -0.2) is 14.2 Å². The first-order valence-electron chi connectivity index (χ1n) is 3.52. The second kappa shape index (κ2) is 3.79. The molecule has 0 heterocycles. The standard InChI is InChI=1S/C9H8FNO/c1-7-2-3-9(10)4-8(7)5-11-6-12/h2-4H,5H2,1H3. The summed E-state index contributed by atoms with van der Waals surface area (Å²) in [5.74, 6) is -0.309. The Kier molecular flexibility index (Phi) is 2.72. The van der Waals surface area contributed by atoms with Gasteiger partial charge in [0.05, 0.1) is 6.54 Å². The molecule has 2 nitrogen and oxygen atoms in total. The highest BCUT2D eigenvalue weighted by Gasteiger charge is 1.98. The molecular formula is C9H8FNO. The van der Waals surface area contributed by atoms with Crippen LogP contribution in [0.3, 0.4) is 0 Å². The molecule has 1 rings (SSSR count). The molecule has 0 atom stereocenters. The number of nitrogens with zero attached hydrogens (tertiary/aromatic N) is 1. The first-order chi connectivity index (χ1) is 5.74. The molecule has 3 heteroatoms. The Hall–Kier alpha value is -1.47. The van der Waals surface area contributed by atoms with Gasteiger partial charge < -0.3 is 0 Å². The van der Waals surface area contributed by atoms with Crippen LogP contribution in [0.25, 0.3) is 0 Å².